The van der Waals surface area contributed by atoms with Crippen molar-refractivity contribution in [3.05, 3.63) is 48.1 Å². The lowest BCUT2D eigenvalue weighted by atomic mass is 9.74. The van der Waals surface area contributed by atoms with Crippen LogP contribution in [0.5, 0.6) is 0 Å². The van der Waals surface area contributed by atoms with Crippen molar-refractivity contribution in [3.8, 4) is 0 Å². The van der Waals surface area contributed by atoms with Crippen molar-refractivity contribution in [1.82, 2.24) is 0 Å². The van der Waals surface area contributed by atoms with Crippen molar-refractivity contribution < 1.29 is 18.3 Å². The summed E-state index contributed by atoms with van der Waals surface area (Å²) in [5.41, 5.74) is 0.918. The molecule has 0 N–H and O–H groups in total. The first-order chi connectivity index (χ1) is 14.6. The molecule has 0 unspecified atom stereocenters. The summed E-state index contributed by atoms with van der Waals surface area (Å²) >= 11 is 0. The van der Waals surface area contributed by atoms with Gasteiger partial charge < -0.3 is 9.47 Å². The maximum Gasteiger partial charge on any atom is 0.160 e. The Hall–Kier alpha value is -1.26. The molecule has 0 spiro atoms. The normalized spacial score (nSPS) is 35.1. The maximum atomic E-state index is 13.5. The Labute approximate surface area is 180 Å². The second-order valence-electron chi connectivity index (χ2n) is 9.73. The predicted octanol–water partition coefficient (Wildman–Crippen LogP) is 7.00. The minimum Gasteiger partial charge on any atom is -0.352 e. The van der Waals surface area contributed by atoms with Crippen LogP contribution in [0.1, 0.15) is 75.7 Å². The van der Waals surface area contributed by atoms with Crippen LogP contribution in [0.4, 0.5) is 8.78 Å². The molecule has 4 heteroatoms. The number of hydrogen-bond acceptors (Lipinski definition) is 2. The summed E-state index contributed by atoms with van der Waals surface area (Å²) in [7, 11) is 0. The number of hydrogen-bond donors (Lipinski definition) is 0. The first-order valence-electron chi connectivity index (χ1n) is 11.9. The van der Waals surface area contributed by atoms with Gasteiger partial charge in [-0.3, -0.25) is 0 Å². The summed E-state index contributed by atoms with van der Waals surface area (Å²) in [5, 5.41) is 0. The van der Waals surface area contributed by atoms with Gasteiger partial charge in [0.05, 0.1) is 13.2 Å². The molecule has 1 saturated heterocycles. The van der Waals surface area contributed by atoms with Gasteiger partial charge in [0, 0.05) is 11.8 Å². The highest BCUT2D eigenvalue weighted by atomic mass is 19.2. The third-order valence-electron chi connectivity index (χ3n) is 7.86. The van der Waals surface area contributed by atoms with Gasteiger partial charge in [0.25, 0.3) is 0 Å². The van der Waals surface area contributed by atoms with Gasteiger partial charge in [-0.05, 0) is 86.8 Å². The fourth-order valence-corrected chi connectivity index (χ4v) is 5.87. The first-order valence-corrected chi connectivity index (χ1v) is 11.9. The lowest BCUT2D eigenvalue weighted by molar-refractivity contribution is -0.236. The summed E-state index contributed by atoms with van der Waals surface area (Å²) in [4.78, 5) is 0. The van der Waals surface area contributed by atoms with Crippen LogP contribution < -0.4 is 0 Å². The van der Waals surface area contributed by atoms with Gasteiger partial charge in [-0.15, -0.1) is 6.58 Å². The molecule has 0 amide bonds. The summed E-state index contributed by atoms with van der Waals surface area (Å²) in [5.74, 6) is 1.38. The van der Waals surface area contributed by atoms with E-state index in [1.807, 2.05) is 6.08 Å². The average molecular weight is 419 g/mol. The largest absolute Gasteiger partial charge is 0.352 e. The zero-order valence-electron chi connectivity index (χ0n) is 18.0. The SMILES string of the molecule is C=CCCC1CCC(C2COC(C3CCC(c4ccc(F)c(F)c4)CC3)OC2)CC1. The number of benzene rings is 1. The molecule has 1 heterocycles. The van der Waals surface area contributed by atoms with E-state index in [1.165, 1.54) is 44.2 Å². The van der Waals surface area contributed by atoms with Gasteiger partial charge in [0.1, 0.15) is 0 Å². The molecule has 2 nitrogen and oxygen atoms in total. The monoisotopic (exact) mass is 418 g/mol. The van der Waals surface area contributed by atoms with Crippen LogP contribution >= 0.6 is 0 Å². The molecule has 0 radical (unpaired) electrons. The molecular formula is C26H36F2O2. The summed E-state index contributed by atoms with van der Waals surface area (Å²) < 4.78 is 39.2. The quantitative estimate of drug-likeness (QED) is 0.463. The highest BCUT2D eigenvalue weighted by molar-refractivity contribution is 5.22. The molecule has 2 saturated carbocycles. The van der Waals surface area contributed by atoms with Crippen molar-refractivity contribution >= 4 is 0 Å². The predicted molar refractivity (Wildman–Crippen MR) is 115 cm³/mol. The van der Waals surface area contributed by atoms with Gasteiger partial charge in [0.2, 0.25) is 0 Å². The van der Waals surface area contributed by atoms with Crippen LogP contribution in [0.3, 0.4) is 0 Å². The van der Waals surface area contributed by atoms with Crippen molar-refractivity contribution in [2.24, 2.45) is 23.7 Å². The molecule has 30 heavy (non-hydrogen) atoms. The standard InChI is InChI=1S/C26H36F2O2/c1-2-3-4-18-5-7-20(8-6-18)23-16-29-26(30-17-23)21-11-9-19(10-12-21)22-13-14-24(27)25(28)15-22/h2,13-15,18-21,23,26H,1,3-12,16-17H2. The molecule has 0 atom stereocenters. The Morgan fingerprint density at radius 2 is 1.50 bits per heavy atom. The number of rotatable bonds is 6. The zero-order chi connectivity index (χ0) is 20.9. The molecule has 0 aromatic heterocycles. The molecule has 4 rings (SSSR count). The fourth-order valence-electron chi connectivity index (χ4n) is 5.87. The van der Waals surface area contributed by atoms with Crippen LogP contribution in [0.2, 0.25) is 0 Å². The smallest absolute Gasteiger partial charge is 0.160 e. The van der Waals surface area contributed by atoms with Crippen molar-refractivity contribution in [2.75, 3.05) is 13.2 Å². The van der Waals surface area contributed by atoms with E-state index in [-0.39, 0.29) is 6.29 Å². The average Bonchev–Trinajstić information content (AvgIpc) is 2.80. The number of allylic oxidation sites excluding steroid dienone is 1. The van der Waals surface area contributed by atoms with E-state index in [1.54, 1.807) is 6.07 Å². The molecule has 0 bridgehead atoms. The third kappa shape index (κ3) is 5.31. The van der Waals surface area contributed by atoms with Crippen molar-refractivity contribution in [2.45, 2.75) is 76.4 Å². The second-order valence-corrected chi connectivity index (χ2v) is 9.73. The van der Waals surface area contributed by atoms with Crippen molar-refractivity contribution in [3.63, 3.8) is 0 Å². The Kier molecular flexibility index (Phi) is 7.59. The lowest BCUT2D eigenvalue weighted by Gasteiger charge is -2.41. The molecule has 1 aliphatic heterocycles. The van der Waals surface area contributed by atoms with Gasteiger partial charge >= 0.3 is 0 Å². The molecule has 2 aliphatic carbocycles. The van der Waals surface area contributed by atoms with E-state index in [4.69, 9.17) is 9.47 Å². The minimum absolute atomic E-state index is 0.0870. The summed E-state index contributed by atoms with van der Waals surface area (Å²) in [6.07, 6.45) is 13.7. The van der Waals surface area contributed by atoms with E-state index in [0.29, 0.717) is 17.8 Å². The van der Waals surface area contributed by atoms with Crippen LogP contribution in [0, 0.1) is 35.3 Å². The highest BCUT2D eigenvalue weighted by Gasteiger charge is 2.36. The number of ether oxygens (including phenoxy) is 2. The third-order valence-corrected chi connectivity index (χ3v) is 7.86. The van der Waals surface area contributed by atoms with E-state index >= 15 is 0 Å². The molecular weight excluding hydrogens is 382 g/mol. The number of halogens is 2. The topological polar surface area (TPSA) is 18.5 Å². The van der Waals surface area contributed by atoms with Crippen LogP contribution in [-0.4, -0.2) is 19.5 Å². The molecule has 3 aliphatic rings. The summed E-state index contributed by atoms with van der Waals surface area (Å²) in [6, 6.07) is 4.34. The van der Waals surface area contributed by atoms with E-state index in [2.05, 4.69) is 6.58 Å². The molecule has 1 aromatic rings. The maximum absolute atomic E-state index is 13.5. The molecule has 1 aromatic carbocycles. The van der Waals surface area contributed by atoms with Crippen LogP contribution in [0.15, 0.2) is 30.9 Å². The zero-order valence-corrected chi connectivity index (χ0v) is 18.0. The van der Waals surface area contributed by atoms with Crippen molar-refractivity contribution in [1.29, 1.82) is 0 Å². The van der Waals surface area contributed by atoms with E-state index in [9.17, 15) is 8.78 Å². The lowest BCUT2D eigenvalue weighted by Crippen LogP contribution is -2.41. The Bertz CT molecular complexity index is 682. The first kappa shape index (κ1) is 22.0. The Morgan fingerprint density at radius 3 is 2.13 bits per heavy atom. The highest BCUT2D eigenvalue weighted by Crippen LogP contribution is 2.41. The van der Waals surface area contributed by atoms with Crippen LogP contribution in [-0.2, 0) is 9.47 Å². The second kappa shape index (κ2) is 10.4. The van der Waals surface area contributed by atoms with Gasteiger partial charge in [0.15, 0.2) is 17.9 Å². The minimum atomic E-state index is -0.767. The molecule has 3 fully saturated rings. The van der Waals surface area contributed by atoms with Crippen LogP contribution in [0.25, 0.3) is 0 Å². The molecule has 166 valence electrons. The summed E-state index contributed by atoms with van der Waals surface area (Å²) in [6.45, 7) is 5.50. The van der Waals surface area contributed by atoms with Gasteiger partial charge in [-0.2, -0.15) is 0 Å². The van der Waals surface area contributed by atoms with E-state index < -0.39 is 11.6 Å². The van der Waals surface area contributed by atoms with E-state index in [0.717, 1.165) is 62.7 Å². The van der Waals surface area contributed by atoms with Gasteiger partial charge in [-0.25, -0.2) is 8.78 Å². The Morgan fingerprint density at radius 1 is 0.833 bits per heavy atom. The fraction of sp³-hybridized carbons (Fsp3) is 0.692. The Balaban J connectivity index is 1.19. The van der Waals surface area contributed by atoms with Gasteiger partial charge in [-0.1, -0.05) is 25.0 Å².